The second-order valence-corrected chi connectivity index (χ2v) is 8.19. The van der Waals surface area contributed by atoms with Crippen molar-refractivity contribution in [3.8, 4) is 5.75 Å². The molecule has 0 unspecified atom stereocenters. The molecule has 0 atom stereocenters. The molecule has 0 fully saturated rings. The summed E-state index contributed by atoms with van der Waals surface area (Å²) in [5, 5.41) is 19.3. The van der Waals surface area contributed by atoms with Crippen LogP contribution in [0, 0.1) is 0 Å². The van der Waals surface area contributed by atoms with E-state index in [0.717, 1.165) is 0 Å². The first-order chi connectivity index (χ1) is 16.6. The zero-order valence-electron chi connectivity index (χ0n) is 18.6. The molecule has 2 amide bonds. The van der Waals surface area contributed by atoms with E-state index in [1.165, 1.54) is 11.8 Å². The van der Waals surface area contributed by atoms with Crippen LogP contribution < -0.4 is 15.4 Å². The Morgan fingerprint density at radius 3 is 2.62 bits per heavy atom. The summed E-state index contributed by atoms with van der Waals surface area (Å²) in [4.78, 5) is 24.7. The number of benzene rings is 2. The van der Waals surface area contributed by atoms with Gasteiger partial charge in [0.1, 0.15) is 10.8 Å². The summed E-state index contributed by atoms with van der Waals surface area (Å²) in [6.45, 7) is 2.81. The Morgan fingerprint density at radius 2 is 1.79 bits per heavy atom. The van der Waals surface area contributed by atoms with Gasteiger partial charge in [0, 0.05) is 18.5 Å². The monoisotopic (exact) mass is 476 g/mol. The highest BCUT2D eigenvalue weighted by Crippen LogP contribution is 2.24. The van der Waals surface area contributed by atoms with Crippen LogP contribution in [0.3, 0.4) is 0 Å². The number of amides is 2. The molecule has 0 aliphatic heterocycles. The first-order valence-corrected chi connectivity index (χ1v) is 11.8. The number of nitrogens with zero attached hydrogens (tertiary/aromatic N) is 4. The molecule has 2 aromatic carbocycles. The summed E-state index contributed by atoms with van der Waals surface area (Å²) in [6, 6.07) is 20.0. The normalized spacial score (nSPS) is 10.7. The maximum atomic E-state index is 12.5. The highest BCUT2D eigenvalue weighted by molar-refractivity contribution is 7.99. The van der Waals surface area contributed by atoms with Crippen LogP contribution in [-0.4, -0.2) is 50.5 Å². The highest BCUT2D eigenvalue weighted by Gasteiger charge is 2.12. The summed E-state index contributed by atoms with van der Waals surface area (Å²) in [5.74, 6) is 1.14. The molecule has 0 saturated heterocycles. The van der Waals surface area contributed by atoms with Gasteiger partial charge in [0.15, 0.2) is 11.5 Å². The smallest absolute Gasteiger partial charge is 0.251 e. The van der Waals surface area contributed by atoms with E-state index in [2.05, 4.69) is 25.9 Å². The van der Waals surface area contributed by atoms with Crippen LogP contribution in [0.1, 0.15) is 23.1 Å². The van der Waals surface area contributed by atoms with Gasteiger partial charge in [-0.1, -0.05) is 42.1 Å². The molecule has 174 valence electrons. The molecule has 0 saturated carbocycles. The van der Waals surface area contributed by atoms with Gasteiger partial charge in [-0.3, -0.25) is 9.59 Å². The molecule has 0 aliphatic rings. The quantitative estimate of drug-likeness (QED) is 0.338. The van der Waals surface area contributed by atoms with Gasteiger partial charge in [-0.2, -0.15) is 9.61 Å². The lowest BCUT2D eigenvalue weighted by Crippen LogP contribution is -2.26. The third kappa shape index (κ3) is 5.90. The summed E-state index contributed by atoms with van der Waals surface area (Å²) in [7, 11) is 0. The molecule has 0 bridgehead atoms. The van der Waals surface area contributed by atoms with Crippen molar-refractivity contribution in [1.82, 2.24) is 25.1 Å². The number of para-hydroxylation sites is 2. The molecule has 2 aromatic heterocycles. The predicted molar refractivity (Wildman–Crippen MR) is 130 cm³/mol. The van der Waals surface area contributed by atoms with Gasteiger partial charge in [-0.25, -0.2) is 0 Å². The van der Waals surface area contributed by atoms with Crippen molar-refractivity contribution in [3.63, 3.8) is 0 Å². The summed E-state index contributed by atoms with van der Waals surface area (Å²) >= 11 is 1.31. The minimum absolute atomic E-state index is 0.143. The number of fused-ring (bicyclic) bond motifs is 1. The van der Waals surface area contributed by atoms with E-state index in [1.807, 2.05) is 43.3 Å². The van der Waals surface area contributed by atoms with Crippen molar-refractivity contribution in [2.75, 3.05) is 24.2 Å². The predicted octanol–water partition coefficient (Wildman–Crippen LogP) is 3.23. The van der Waals surface area contributed by atoms with Crippen LogP contribution in [-0.2, 0) is 11.2 Å². The average molecular weight is 477 g/mol. The summed E-state index contributed by atoms with van der Waals surface area (Å²) in [6.07, 6.45) is 0.468. The van der Waals surface area contributed by atoms with Crippen LogP contribution in [0.5, 0.6) is 5.75 Å². The lowest BCUT2D eigenvalue weighted by molar-refractivity contribution is -0.113. The SMILES string of the molecule is CCOc1ccccc1NC(=O)CSc1ccc2nnc(CCNC(=O)c3ccccc3)n2n1. The Balaban J connectivity index is 1.34. The summed E-state index contributed by atoms with van der Waals surface area (Å²) in [5.41, 5.74) is 1.84. The number of carbonyl (C=O) groups excluding carboxylic acids is 2. The Kier molecular flexibility index (Phi) is 7.71. The van der Waals surface area contributed by atoms with E-state index in [9.17, 15) is 9.59 Å². The maximum absolute atomic E-state index is 12.5. The lowest BCUT2D eigenvalue weighted by Gasteiger charge is -2.11. The molecule has 9 nitrogen and oxygen atoms in total. The van der Waals surface area contributed by atoms with Gasteiger partial charge in [-0.05, 0) is 43.3 Å². The Hall–Kier alpha value is -3.92. The largest absolute Gasteiger partial charge is 0.492 e. The van der Waals surface area contributed by atoms with E-state index in [1.54, 1.807) is 34.8 Å². The van der Waals surface area contributed by atoms with E-state index in [4.69, 9.17) is 4.74 Å². The minimum atomic E-state index is -0.161. The van der Waals surface area contributed by atoms with Crippen LogP contribution in [0.15, 0.2) is 71.8 Å². The van der Waals surface area contributed by atoms with E-state index >= 15 is 0 Å². The third-order valence-electron chi connectivity index (χ3n) is 4.79. The Bertz CT molecular complexity index is 1280. The van der Waals surface area contributed by atoms with E-state index in [0.29, 0.717) is 53.1 Å². The topological polar surface area (TPSA) is 111 Å². The van der Waals surface area contributed by atoms with Crippen molar-refractivity contribution >= 4 is 34.9 Å². The first kappa shape index (κ1) is 23.2. The van der Waals surface area contributed by atoms with Crippen molar-refractivity contribution in [1.29, 1.82) is 0 Å². The number of hydrogen-bond acceptors (Lipinski definition) is 7. The van der Waals surface area contributed by atoms with Crippen molar-refractivity contribution in [3.05, 3.63) is 78.1 Å². The number of rotatable bonds is 10. The van der Waals surface area contributed by atoms with Gasteiger partial charge in [-0.15, -0.1) is 10.2 Å². The van der Waals surface area contributed by atoms with Gasteiger partial charge in [0.2, 0.25) is 5.91 Å². The van der Waals surface area contributed by atoms with Crippen molar-refractivity contribution in [2.24, 2.45) is 0 Å². The molecular weight excluding hydrogens is 452 g/mol. The summed E-state index contributed by atoms with van der Waals surface area (Å²) < 4.78 is 7.19. The molecule has 2 N–H and O–H groups in total. The fourth-order valence-corrected chi connectivity index (χ4v) is 3.86. The average Bonchev–Trinajstić information content (AvgIpc) is 3.27. The number of thioether (sulfide) groups is 1. The van der Waals surface area contributed by atoms with Crippen molar-refractivity contribution in [2.45, 2.75) is 18.4 Å². The number of carbonyl (C=O) groups is 2. The fourth-order valence-electron chi connectivity index (χ4n) is 3.21. The van der Waals surface area contributed by atoms with E-state index in [-0.39, 0.29) is 17.6 Å². The second-order valence-electron chi connectivity index (χ2n) is 7.20. The Labute approximate surface area is 200 Å². The maximum Gasteiger partial charge on any atom is 0.251 e. The third-order valence-corrected chi connectivity index (χ3v) is 5.71. The molecule has 2 heterocycles. The minimum Gasteiger partial charge on any atom is -0.492 e. The number of anilines is 1. The fraction of sp³-hybridized carbons (Fsp3) is 0.208. The second kappa shape index (κ2) is 11.3. The number of aromatic nitrogens is 4. The number of ether oxygens (including phenoxy) is 1. The first-order valence-electron chi connectivity index (χ1n) is 10.8. The van der Waals surface area contributed by atoms with Gasteiger partial charge in [0.05, 0.1) is 18.0 Å². The lowest BCUT2D eigenvalue weighted by atomic mass is 10.2. The molecular formula is C24H24N6O3S. The molecule has 34 heavy (non-hydrogen) atoms. The standard InChI is InChI=1S/C24H24N6O3S/c1-2-33-19-11-7-6-10-18(19)26-22(31)16-34-23-13-12-20-27-28-21(30(20)29-23)14-15-25-24(32)17-8-4-3-5-9-17/h3-13H,2,14-16H2,1H3,(H,25,32)(H,26,31). The van der Waals surface area contributed by atoms with Crippen LogP contribution in [0.4, 0.5) is 5.69 Å². The van der Waals surface area contributed by atoms with Gasteiger partial charge >= 0.3 is 0 Å². The zero-order chi connectivity index (χ0) is 23.8. The van der Waals surface area contributed by atoms with Gasteiger partial charge in [0.25, 0.3) is 5.91 Å². The number of hydrogen-bond donors (Lipinski definition) is 2. The van der Waals surface area contributed by atoms with Gasteiger partial charge < -0.3 is 15.4 Å². The number of nitrogens with one attached hydrogen (secondary N) is 2. The Morgan fingerprint density at radius 1 is 1.00 bits per heavy atom. The molecule has 0 radical (unpaired) electrons. The van der Waals surface area contributed by atoms with Crippen LogP contribution in [0.25, 0.3) is 5.65 Å². The molecule has 4 rings (SSSR count). The zero-order valence-corrected chi connectivity index (χ0v) is 19.4. The highest BCUT2D eigenvalue weighted by atomic mass is 32.2. The van der Waals surface area contributed by atoms with Crippen molar-refractivity contribution < 1.29 is 14.3 Å². The molecule has 10 heteroatoms. The molecule has 4 aromatic rings. The van der Waals surface area contributed by atoms with Crippen LogP contribution in [0.2, 0.25) is 0 Å². The van der Waals surface area contributed by atoms with Crippen LogP contribution >= 0.6 is 11.8 Å². The molecule has 0 spiro atoms. The molecule has 0 aliphatic carbocycles. The van der Waals surface area contributed by atoms with E-state index < -0.39 is 0 Å².